The van der Waals surface area contributed by atoms with E-state index in [-0.39, 0.29) is 5.91 Å². The summed E-state index contributed by atoms with van der Waals surface area (Å²) in [5, 5.41) is 13.3. The summed E-state index contributed by atoms with van der Waals surface area (Å²) >= 11 is 0. The Morgan fingerprint density at radius 1 is 0.297 bits per heavy atom. The molecule has 0 aromatic heterocycles. The van der Waals surface area contributed by atoms with Crippen molar-refractivity contribution in [2.24, 2.45) is 0 Å². The average molecular weight is 1040 g/mol. The van der Waals surface area contributed by atoms with Crippen LogP contribution in [0, 0.1) is 0 Å². The third-order valence-corrected chi connectivity index (χ3v) is 16.5. The Bertz CT molecular complexity index is 1090. The highest BCUT2D eigenvalue weighted by molar-refractivity contribution is 5.78. The van der Waals surface area contributed by atoms with Crippen molar-refractivity contribution in [2.75, 3.05) is 6.54 Å². The molecule has 2 N–H and O–H groups in total. The van der Waals surface area contributed by atoms with Gasteiger partial charge in [-0.05, 0) is 51.4 Å². The van der Waals surface area contributed by atoms with Gasteiger partial charge in [0.2, 0.25) is 5.91 Å². The van der Waals surface area contributed by atoms with Crippen molar-refractivity contribution in [1.82, 2.24) is 5.32 Å². The molecule has 0 heterocycles. The number of carbonyl (C=O) groups is 2. The second kappa shape index (κ2) is 66.1. The van der Waals surface area contributed by atoms with Crippen LogP contribution in [0.2, 0.25) is 0 Å². The van der Waals surface area contributed by atoms with Gasteiger partial charge in [0.15, 0.2) is 0 Å². The smallest absolute Gasteiger partial charge is 0.220 e. The second-order valence-electron chi connectivity index (χ2n) is 24.2. The van der Waals surface area contributed by atoms with E-state index in [1.165, 1.54) is 340 Å². The van der Waals surface area contributed by atoms with E-state index >= 15 is 0 Å². The molecule has 0 aliphatic carbocycles. The summed E-state index contributed by atoms with van der Waals surface area (Å²) < 4.78 is 0. The van der Waals surface area contributed by atoms with Crippen LogP contribution in [0.5, 0.6) is 0 Å². The predicted octanol–water partition coefficient (Wildman–Crippen LogP) is 23.8. The van der Waals surface area contributed by atoms with Crippen molar-refractivity contribution in [3.8, 4) is 0 Å². The molecule has 1 atom stereocenters. The van der Waals surface area contributed by atoms with Crippen molar-refractivity contribution in [1.29, 1.82) is 0 Å². The van der Waals surface area contributed by atoms with Crippen LogP contribution in [0.4, 0.5) is 0 Å². The number of hydrogen-bond acceptors (Lipinski definition) is 3. The van der Waals surface area contributed by atoms with Gasteiger partial charge in [-0.3, -0.25) is 9.59 Å². The Labute approximate surface area is 466 Å². The van der Waals surface area contributed by atoms with Gasteiger partial charge in [-0.1, -0.05) is 353 Å². The van der Waals surface area contributed by atoms with Crippen LogP contribution in [0.15, 0.2) is 12.2 Å². The van der Waals surface area contributed by atoms with E-state index in [0.29, 0.717) is 18.7 Å². The third kappa shape index (κ3) is 65.1. The van der Waals surface area contributed by atoms with Crippen molar-refractivity contribution < 1.29 is 14.7 Å². The lowest BCUT2D eigenvalue weighted by Crippen LogP contribution is -2.31. The van der Waals surface area contributed by atoms with E-state index in [1.807, 2.05) is 0 Å². The van der Waals surface area contributed by atoms with Crippen LogP contribution in [0.25, 0.3) is 0 Å². The average Bonchev–Trinajstić information content (AvgIpc) is 3.40. The van der Waals surface area contributed by atoms with E-state index in [9.17, 15) is 14.7 Å². The van der Waals surface area contributed by atoms with Gasteiger partial charge >= 0.3 is 0 Å². The quantitative estimate of drug-likeness (QED) is 0.0471. The number of unbranched alkanes of at least 4 members (excludes halogenated alkanes) is 54. The normalized spacial score (nSPS) is 12.1. The van der Waals surface area contributed by atoms with Gasteiger partial charge in [-0.25, -0.2) is 0 Å². The minimum atomic E-state index is -0.391. The van der Waals surface area contributed by atoms with Crippen molar-refractivity contribution >= 4 is 11.7 Å². The Kier molecular flexibility index (Phi) is 65.1. The fraction of sp³-hybridized carbons (Fsp3) is 0.943. The van der Waals surface area contributed by atoms with E-state index in [1.54, 1.807) is 0 Å². The summed E-state index contributed by atoms with van der Waals surface area (Å²) in [6.07, 6.45) is 86.2. The second-order valence-corrected chi connectivity index (χ2v) is 24.2. The molecule has 0 rings (SSSR count). The van der Waals surface area contributed by atoms with Crippen LogP contribution in [0.3, 0.4) is 0 Å². The Hall–Kier alpha value is -1.16. The number of nitrogens with one attached hydrogen (secondary N) is 1. The zero-order valence-corrected chi connectivity index (χ0v) is 51.0. The first-order valence-corrected chi connectivity index (χ1v) is 34.7. The molecule has 0 aromatic rings. The van der Waals surface area contributed by atoms with Crippen LogP contribution >= 0.6 is 0 Å². The minimum Gasteiger partial charge on any atom is -0.391 e. The number of aliphatic hydroxyl groups excluding tert-OH is 1. The first-order valence-electron chi connectivity index (χ1n) is 34.7. The lowest BCUT2D eigenvalue weighted by molar-refractivity contribution is -0.121. The van der Waals surface area contributed by atoms with Gasteiger partial charge in [0.25, 0.3) is 0 Å². The summed E-state index contributed by atoms with van der Waals surface area (Å²) in [7, 11) is 0. The summed E-state index contributed by atoms with van der Waals surface area (Å²) in [6, 6.07) is 0. The molecule has 0 fully saturated rings. The van der Waals surface area contributed by atoms with Crippen LogP contribution in [-0.2, 0) is 9.59 Å². The molecule has 4 nitrogen and oxygen atoms in total. The van der Waals surface area contributed by atoms with Gasteiger partial charge in [0.05, 0.1) is 6.10 Å². The third-order valence-electron chi connectivity index (χ3n) is 16.5. The highest BCUT2D eigenvalue weighted by atomic mass is 16.3. The molecule has 0 saturated carbocycles. The van der Waals surface area contributed by atoms with Gasteiger partial charge in [-0.2, -0.15) is 0 Å². The van der Waals surface area contributed by atoms with Crippen LogP contribution in [-0.4, -0.2) is 29.4 Å². The van der Waals surface area contributed by atoms with Crippen molar-refractivity contribution in [2.45, 2.75) is 418 Å². The number of Topliss-reactive ketones (excluding diaryl/α,β-unsaturated/α-hetero) is 1. The number of carbonyl (C=O) groups excluding carboxylic acids is 2. The summed E-state index contributed by atoms with van der Waals surface area (Å²) in [6.45, 7) is 5.00. The lowest BCUT2D eigenvalue weighted by Gasteiger charge is -2.12. The highest BCUT2D eigenvalue weighted by Gasteiger charge is 2.08. The molecule has 0 saturated heterocycles. The first kappa shape index (κ1) is 72.8. The molecule has 74 heavy (non-hydrogen) atoms. The monoisotopic (exact) mass is 1040 g/mol. The molecular weight excluding hydrogens is 903 g/mol. The van der Waals surface area contributed by atoms with Gasteiger partial charge in [-0.15, -0.1) is 0 Å². The van der Waals surface area contributed by atoms with Gasteiger partial charge in [0.1, 0.15) is 5.78 Å². The largest absolute Gasteiger partial charge is 0.391 e. The molecule has 0 aliphatic rings. The summed E-state index contributed by atoms with van der Waals surface area (Å²) in [5.41, 5.74) is 0. The number of ketones is 1. The SMILES string of the molecule is CCCCCCCCC=CCCCCCCCCCCCC(=O)CCCCCCCCCCCCCCCCCCCCCCCCCCCCCC(=O)NC[C@@H](O)CCCCCCCCCCCCCCCC. The predicted molar refractivity (Wildman–Crippen MR) is 331 cm³/mol. The molecule has 0 radical (unpaired) electrons. The zero-order valence-electron chi connectivity index (χ0n) is 51.0. The Morgan fingerprint density at radius 2 is 0.514 bits per heavy atom. The molecule has 0 unspecified atom stereocenters. The molecule has 440 valence electrons. The van der Waals surface area contributed by atoms with Crippen LogP contribution < -0.4 is 5.32 Å². The first-order chi connectivity index (χ1) is 36.6. The molecule has 0 bridgehead atoms. The maximum absolute atomic E-state index is 12.3. The number of aliphatic hydroxyl groups is 1. The number of allylic oxidation sites excluding steroid dienone is 2. The fourth-order valence-corrected chi connectivity index (χ4v) is 11.2. The van der Waals surface area contributed by atoms with E-state index in [2.05, 4.69) is 31.3 Å². The molecule has 0 spiro atoms. The maximum atomic E-state index is 12.3. The Balaban J connectivity index is 3.23. The summed E-state index contributed by atoms with van der Waals surface area (Å²) in [4.78, 5) is 24.6. The molecule has 1 amide bonds. The van der Waals surface area contributed by atoms with Crippen molar-refractivity contribution in [3.63, 3.8) is 0 Å². The van der Waals surface area contributed by atoms with Gasteiger partial charge in [0, 0.05) is 25.8 Å². The maximum Gasteiger partial charge on any atom is 0.220 e. The lowest BCUT2D eigenvalue weighted by atomic mass is 10.0. The molecule has 4 heteroatoms. The zero-order chi connectivity index (χ0) is 53.4. The van der Waals surface area contributed by atoms with Crippen LogP contribution in [0.1, 0.15) is 412 Å². The Morgan fingerprint density at radius 3 is 0.784 bits per heavy atom. The van der Waals surface area contributed by atoms with E-state index < -0.39 is 6.10 Å². The summed E-state index contributed by atoms with van der Waals surface area (Å²) in [5.74, 6) is 0.638. The number of hydrogen-bond donors (Lipinski definition) is 2. The number of amides is 1. The highest BCUT2D eigenvalue weighted by Crippen LogP contribution is 2.19. The fourth-order valence-electron chi connectivity index (χ4n) is 11.2. The molecular formula is C70H137NO3. The van der Waals surface area contributed by atoms with Gasteiger partial charge < -0.3 is 10.4 Å². The minimum absolute atomic E-state index is 0.117. The van der Waals surface area contributed by atoms with Crippen molar-refractivity contribution in [3.05, 3.63) is 12.2 Å². The molecule has 0 aromatic carbocycles. The topological polar surface area (TPSA) is 66.4 Å². The van der Waals surface area contributed by atoms with E-state index in [4.69, 9.17) is 0 Å². The van der Waals surface area contributed by atoms with E-state index in [0.717, 1.165) is 51.4 Å². The number of rotatable bonds is 66. The standard InChI is InChI=1S/C70H137NO3/c1-3-5-7-9-11-13-15-17-19-20-30-33-36-40-43-47-51-55-59-63-68(72)64-60-56-52-48-44-41-37-34-31-28-26-24-22-21-23-25-27-29-32-35-38-42-46-50-54-58-62-66-70(74)71-67-69(73)65-61-57-53-49-45-39-18-16-14-12-10-8-6-4-2/h17,19,69,73H,3-16,18,20-67H2,1-2H3,(H,71,74)/t69-/m0/s1. The molecule has 0 aliphatic heterocycles.